The van der Waals surface area contributed by atoms with Crippen LogP contribution in [0.2, 0.25) is 10.0 Å². The van der Waals surface area contributed by atoms with Gasteiger partial charge in [-0.25, -0.2) is 4.79 Å². The molecule has 0 aliphatic carbocycles. The Balaban J connectivity index is 2.36. The minimum Gasteiger partial charge on any atom is -0.480 e. The molecule has 0 saturated heterocycles. The standard InChI is InChI=1S/C16H23Cl2N5O3/c1-20-16(19)22-4-2-3-13(15(25)26)23-14(24)9-21-8-10-5-11(17)7-12(18)6-10/h5-7,13,21H,2-4,8-9H2,1H3,(H,23,24)(H,25,26)(H3,19,20,22). The summed E-state index contributed by atoms with van der Waals surface area (Å²) >= 11 is 11.8. The van der Waals surface area contributed by atoms with Crippen LogP contribution in [0.4, 0.5) is 0 Å². The number of aliphatic carboxylic acids is 1. The maximum atomic E-state index is 11.9. The van der Waals surface area contributed by atoms with Crippen molar-refractivity contribution in [3.05, 3.63) is 33.8 Å². The molecule has 10 heteroatoms. The lowest BCUT2D eigenvalue weighted by atomic mass is 10.1. The topological polar surface area (TPSA) is 129 Å². The van der Waals surface area contributed by atoms with Gasteiger partial charge in [-0.3, -0.25) is 9.79 Å². The first-order valence-corrected chi connectivity index (χ1v) is 8.71. The molecule has 144 valence electrons. The van der Waals surface area contributed by atoms with E-state index in [2.05, 4.69) is 20.9 Å². The second-order valence-electron chi connectivity index (χ2n) is 5.52. The molecular weight excluding hydrogens is 381 g/mol. The molecule has 0 bridgehead atoms. The molecule has 0 aromatic heterocycles. The van der Waals surface area contributed by atoms with Gasteiger partial charge in [0.15, 0.2) is 5.96 Å². The number of nitrogens with one attached hydrogen (secondary N) is 3. The number of carboxylic acids is 1. The summed E-state index contributed by atoms with van der Waals surface area (Å²) in [4.78, 5) is 26.9. The molecule has 1 unspecified atom stereocenters. The van der Waals surface area contributed by atoms with Crippen molar-refractivity contribution in [2.75, 3.05) is 20.1 Å². The maximum Gasteiger partial charge on any atom is 0.326 e. The highest BCUT2D eigenvalue weighted by Gasteiger charge is 2.19. The fourth-order valence-electron chi connectivity index (χ4n) is 2.14. The van der Waals surface area contributed by atoms with Crippen molar-refractivity contribution >= 4 is 41.0 Å². The van der Waals surface area contributed by atoms with Crippen LogP contribution in [0.5, 0.6) is 0 Å². The van der Waals surface area contributed by atoms with Crippen molar-refractivity contribution in [1.82, 2.24) is 16.0 Å². The number of hydrogen-bond donors (Lipinski definition) is 5. The fourth-order valence-corrected chi connectivity index (χ4v) is 2.71. The lowest BCUT2D eigenvalue weighted by Crippen LogP contribution is -2.45. The molecule has 1 rings (SSSR count). The van der Waals surface area contributed by atoms with E-state index in [-0.39, 0.29) is 18.9 Å². The van der Waals surface area contributed by atoms with E-state index in [1.54, 1.807) is 25.2 Å². The normalized spacial score (nSPS) is 12.5. The van der Waals surface area contributed by atoms with E-state index in [0.29, 0.717) is 29.6 Å². The molecule has 0 heterocycles. The minimum absolute atomic E-state index is 0.0262. The number of carbonyl (C=O) groups is 2. The summed E-state index contributed by atoms with van der Waals surface area (Å²) in [6, 6.07) is 4.12. The SMILES string of the molecule is CN=C(N)NCCCC(NC(=O)CNCc1cc(Cl)cc(Cl)c1)C(=O)O. The number of amides is 1. The van der Waals surface area contributed by atoms with E-state index in [4.69, 9.17) is 28.9 Å². The Hall–Kier alpha value is -2.03. The molecule has 26 heavy (non-hydrogen) atoms. The van der Waals surface area contributed by atoms with Gasteiger partial charge in [-0.2, -0.15) is 0 Å². The second kappa shape index (κ2) is 11.6. The van der Waals surface area contributed by atoms with Crippen LogP contribution in [0.25, 0.3) is 0 Å². The van der Waals surface area contributed by atoms with E-state index >= 15 is 0 Å². The van der Waals surface area contributed by atoms with Crippen molar-refractivity contribution in [3.63, 3.8) is 0 Å². The van der Waals surface area contributed by atoms with Gasteiger partial charge in [-0.15, -0.1) is 0 Å². The summed E-state index contributed by atoms with van der Waals surface area (Å²) in [5.74, 6) is -1.21. The molecule has 0 saturated carbocycles. The number of rotatable bonds is 10. The molecule has 0 fully saturated rings. The van der Waals surface area contributed by atoms with Crippen molar-refractivity contribution in [1.29, 1.82) is 0 Å². The Morgan fingerprint density at radius 2 is 1.92 bits per heavy atom. The Labute approximate surface area is 162 Å². The van der Waals surface area contributed by atoms with Crippen molar-refractivity contribution in [2.45, 2.75) is 25.4 Å². The van der Waals surface area contributed by atoms with E-state index in [0.717, 1.165) is 5.56 Å². The highest BCUT2D eigenvalue weighted by Crippen LogP contribution is 2.18. The van der Waals surface area contributed by atoms with Gasteiger partial charge in [-0.05, 0) is 36.6 Å². The van der Waals surface area contributed by atoms with Crippen molar-refractivity contribution < 1.29 is 14.7 Å². The lowest BCUT2D eigenvalue weighted by molar-refractivity contribution is -0.141. The van der Waals surface area contributed by atoms with Gasteiger partial charge in [0.25, 0.3) is 0 Å². The molecule has 0 radical (unpaired) electrons. The van der Waals surface area contributed by atoms with Crippen molar-refractivity contribution in [2.24, 2.45) is 10.7 Å². The average molecular weight is 404 g/mol. The number of carboxylic acid groups (broad SMARTS) is 1. The number of guanidine groups is 1. The highest BCUT2D eigenvalue weighted by molar-refractivity contribution is 6.34. The molecule has 8 nitrogen and oxygen atoms in total. The molecular formula is C16H23Cl2N5O3. The Morgan fingerprint density at radius 1 is 1.27 bits per heavy atom. The summed E-state index contributed by atoms with van der Waals surface area (Å²) in [5.41, 5.74) is 6.31. The second-order valence-corrected chi connectivity index (χ2v) is 6.39. The summed E-state index contributed by atoms with van der Waals surface area (Å²) in [7, 11) is 1.55. The van der Waals surface area contributed by atoms with Crippen LogP contribution in [0.3, 0.4) is 0 Å². The zero-order valence-corrected chi connectivity index (χ0v) is 15.9. The molecule has 1 aromatic carbocycles. The monoisotopic (exact) mass is 403 g/mol. The zero-order valence-electron chi connectivity index (χ0n) is 14.4. The van der Waals surface area contributed by atoms with Gasteiger partial charge in [0.2, 0.25) is 5.91 Å². The minimum atomic E-state index is -1.09. The van der Waals surface area contributed by atoms with Crippen LogP contribution < -0.4 is 21.7 Å². The average Bonchev–Trinajstić information content (AvgIpc) is 2.56. The Kier molecular flexibility index (Phi) is 9.79. The molecule has 0 spiro atoms. The quantitative estimate of drug-likeness (QED) is 0.225. The molecule has 1 amide bonds. The van der Waals surface area contributed by atoms with Gasteiger partial charge in [0.05, 0.1) is 6.54 Å². The summed E-state index contributed by atoms with van der Waals surface area (Å²) in [6.45, 7) is 0.823. The first-order valence-electron chi connectivity index (χ1n) is 7.95. The van der Waals surface area contributed by atoms with Crippen LogP contribution in [0, 0.1) is 0 Å². The number of carbonyl (C=O) groups excluding carboxylic acids is 1. The van der Waals surface area contributed by atoms with Gasteiger partial charge >= 0.3 is 5.97 Å². The van der Waals surface area contributed by atoms with Gasteiger partial charge in [0, 0.05) is 30.2 Å². The third-order valence-corrected chi connectivity index (χ3v) is 3.82. The van der Waals surface area contributed by atoms with E-state index in [1.165, 1.54) is 0 Å². The number of nitrogens with zero attached hydrogens (tertiary/aromatic N) is 1. The largest absolute Gasteiger partial charge is 0.480 e. The van der Waals surface area contributed by atoms with E-state index in [9.17, 15) is 14.7 Å². The van der Waals surface area contributed by atoms with Gasteiger partial charge < -0.3 is 26.8 Å². The van der Waals surface area contributed by atoms with Crippen molar-refractivity contribution in [3.8, 4) is 0 Å². The van der Waals surface area contributed by atoms with Crippen LogP contribution in [0.1, 0.15) is 18.4 Å². The molecule has 1 atom stereocenters. The van der Waals surface area contributed by atoms with Gasteiger partial charge in [0.1, 0.15) is 6.04 Å². The number of aliphatic imine (C=N–C) groups is 1. The number of nitrogens with two attached hydrogens (primary N) is 1. The van der Waals surface area contributed by atoms with E-state index < -0.39 is 17.9 Å². The fraction of sp³-hybridized carbons (Fsp3) is 0.438. The molecule has 0 aliphatic heterocycles. The summed E-state index contributed by atoms with van der Waals surface area (Å²) < 4.78 is 0. The van der Waals surface area contributed by atoms with Crippen LogP contribution in [-0.2, 0) is 16.1 Å². The third-order valence-electron chi connectivity index (χ3n) is 3.39. The van der Waals surface area contributed by atoms with Crippen LogP contribution in [-0.4, -0.2) is 49.1 Å². The van der Waals surface area contributed by atoms with Crippen LogP contribution in [0.15, 0.2) is 23.2 Å². The smallest absolute Gasteiger partial charge is 0.326 e. The van der Waals surface area contributed by atoms with E-state index in [1.807, 2.05) is 0 Å². The maximum absolute atomic E-state index is 11.9. The predicted molar refractivity (Wildman–Crippen MR) is 103 cm³/mol. The third kappa shape index (κ3) is 8.89. The summed E-state index contributed by atoms with van der Waals surface area (Å²) in [6.07, 6.45) is 0.789. The number of benzene rings is 1. The lowest BCUT2D eigenvalue weighted by Gasteiger charge is -2.15. The predicted octanol–water partition coefficient (Wildman–Crippen LogP) is 0.967. The Bertz CT molecular complexity index is 635. The van der Waals surface area contributed by atoms with Gasteiger partial charge in [-0.1, -0.05) is 23.2 Å². The summed E-state index contributed by atoms with van der Waals surface area (Å²) in [5, 5.41) is 18.5. The molecule has 0 aliphatic rings. The first-order chi connectivity index (χ1) is 12.3. The first kappa shape index (κ1) is 22.0. The number of halogens is 2. The van der Waals surface area contributed by atoms with Crippen LogP contribution >= 0.6 is 23.2 Å². The molecule has 1 aromatic rings. The number of hydrogen-bond acceptors (Lipinski definition) is 4. The zero-order chi connectivity index (χ0) is 19.5. The highest BCUT2D eigenvalue weighted by atomic mass is 35.5. The molecule has 6 N–H and O–H groups in total. The Morgan fingerprint density at radius 3 is 2.50 bits per heavy atom.